The van der Waals surface area contributed by atoms with Crippen LogP contribution >= 0.6 is 0 Å². The van der Waals surface area contributed by atoms with Crippen molar-refractivity contribution in [2.45, 2.75) is 135 Å². The van der Waals surface area contributed by atoms with Crippen molar-refractivity contribution in [3.63, 3.8) is 0 Å². The molecule has 6 nitrogen and oxygen atoms in total. The van der Waals surface area contributed by atoms with Crippen LogP contribution in [0.4, 0.5) is 0 Å². The summed E-state index contributed by atoms with van der Waals surface area (Å²) < 4.78 is 5.92. The number of carbonyl (C=O) groups excluding carboxylic acids is 2. The van der Waals surface area contributed by atoms with Gasteiger partial charge in [-0.05, 0) is 19.3 Å². The van der Waals surface area contributed by atoms with E-state index in [1.807, 2.05) is 21.1 Å². The number of carboxylic acid groups (broad SMARTS) is 1. The van der Waals surface area contributed by atoms with Gasteiger partial charge in [-0.25, -0.2) is 0 Å². The molecule has 0 aromatic carbocycles. The molecule has 196 valence electrons. The van der Waals surface area contributed by atoms with Crippen molar-refractivity contribution in [1.29, 1.82) is 0 Å². The summed E-state index contributed by atoms with van der Waals surface area (Å²) in [5, 5.41) is 20.8. The highest BCUT2D eigenvalue weighted by atomic mass is 16.5. The molecule has 0 aromatic rings. The van der Waals surface area contributed by atoms with Gasteiger partial charge in [-0.3, -0.25) is 4.79 Å². The van der Waals surface area contributed by atoms with Crippen molar-refractivity contribution >= 4 is 11.9 Å². The molecule has 0 radical (unpaired) electrons. The predicted octanol–water partition coefficient (Wildman–Crippen LogP) is 4.76. The fraction of sp³-hybridized carbons (Fsp3) is 0.926. The minimum atomic E-state index is -1.18. The number of likely N-dealkylation sites (N-methyl/N-ethyl adjacent to an activating group) is 1. The molecule has 0 saturated heterocycles. The molecule has 2 unspecified atom stereocenters. The lowest BCUT2D eigenvalue weighted by atomic mass is 10.0. The maximum Gasteiger partial charge on any atom is 0.306 e. The van der Waals surface area contributed by atoms with Gasteiger partial charge in [0.25, 0.3) is 0 Å². The Hall–Kier alpha value is -1.14. The monoisotopic (exact) mass is 471 g/mol. The van der Waals surface area contributed by atoms with Gasteiger partial charge in [0.15, 0.2) is 6.10 Å². The van der Waals surface area contributed by atoms with Crippen molar-refractivity contribution in [2.24, 2.45) is 0 Å². The molecule has 0 heterocycles. The Morgan fingerprint density at radius 3 is 1.70 bits per heavy atom. The number of unbranched alkanes of at least 4 members (excludes halogenated alkanes) is 12. The van der Waals surface area contributed by atoms with Crippen LogP contribution in [-0.4, -0.2) is 61.4 Å². The van der Waals surface area contributed by atoms with E-state index in [1.165, 1.54) is 57.8 Å². The van der Waals surface area contributed by atoms with E-state index in [9.17, 15) is 19.8 Å². The normalized spacial score (nSPS) is 13.6. The van der Waals surface area contributed by atoms with Crippen molar-refractivity contribution in [3.8, 4) is 0 Å². The first-order valence-electron chi connectivity index (χ1n) is 13.5. The van der Waals surface area contributed by atoms with Crippen molar-refractivity contribution in [2.75, 3.05) is 27.7 Å². The van der Waals surface area contributed by atoms with Crippen LogP contribution in [0.1, 0.15) is 122 Å². The second-order valence-corrected chi connectivity index (χ2v) is 10.7. The van der Waals surface area contributed by atoms with Gasteiger partial charge < -0.3 is 24.2 Å². The molecular formula is C27H53NO5. The topological polar surface area (TPSA) is 86.7 Å². The first-order valence-corrected chi connectivity index (χ1v) is 13.5. The lowest BCUT2D eigenvalue weighted by Gasteiger charge is -2.29. The van der Waals surface area contributed by atoms with Crippen LogP contribution in [-0.2, 0) is 14.3 Å². The van der Waals surface area contributed by atoms with E-state index < -0.39 is 12.1 Å². The standard InChI is InChI=1S/C27H53NO5/c1-5-6-16-19-24(29)20-17-14-12-10-8-7-9-11-13-15-18-21-27(32)33-25(22-26(30)31)23-28(2,3)4/h24-25,29H,5-23H2,1-4H3. The minimum absolute atomic E-state index is 0.0929. The zero-order chi connectivity index (χ0) is 25.0. The highest BCUT2D eigenvalue weighted by molar-refractivity contribution is 5.70. The second kappa shape index (κ2) is 20.3. The highest BCUT2D eigenvalue weighted by Crippen LogP contribution is 2.15. The number of hydrogen-bond acceptors (Lipinski definition) is 5. The van der Waals surface area contributed by atoms with Gasteiger partial charge in [-0.15, -0.1) is 0 Å². The number of rotatable bonds is 23. The minimum Gasteiger partial charge on any atom is -0.550 e. The third-order valence-corrected chi connectivity index (χ3v) is 6.00. The number of hydrogen-bond donors (Lipinski definition) is 1. The van der Waals surface area contributed by atoms with Crippen molar-refractivity contribution in [3.05, 3.63) is 0 Å². The molecule has 0 aliphatic rings. The molecule has 0 fully saturated rings. The number of aliphatic hydroxyl groups excluding tert-OH is 1. The van der Waals surface area contributed by atoms with E-state index in [-0.39, 0.29) is 18.5 Å². The predicted molar refractivity (Wildman–Crippen MR) is 133 cm³/mol. The molecule has 0 amide bonds. The number of aliphatic carboxylic acids is 1. The van der Waals surface area contributed by atoms with Crippen molar-refractivity contribution in [1.82, 2.24) is 0 Å². The van der Waals surface area contributed by atoms with Crippen LogP contribution in [0.5, 0.6) is 0 Å². The van der Waals surface area contributed by atoms with Gasteiger partial charge in [-0.2, -0.15) is 0 Å². The Morgan fingerprint density at radius 2 is 1.24 bits per heavy atom. The summed E-state index contributed by atoms with van der Waals surface area (Å²) in [4.78, 5) is 22.9. The Labute approximate surface area is 203 Å². The average Bonchev–Trinajstić information content (AvgIpc) is 2.69. The fourth-order valence-electron chi connectivity index (χ4n) is 4.20. The van der Waals surface area contributed by atoms with Gasteiger partial charge in [-0.1, -0.05) is 90.4 Å². The zero-order valence-corrected chi connectivity index (χ0v) is 22.1. The molecule has 0 bridgehead atoms. The first kappa shape index (κ1) is 31.9. The number of esters is 1. The van der Waals surface area contributed by atoms with Crippen LogP contribution in [0.15, 0.2) is 0 Å². The lowest BCUT2D eigenvalue weighted by molar-refractivity contribution is -0.873. The number of ether oxygens (including phenoxy) is 1. The van der Waals surface area contributed by atoms with Crippen LogP contribution in [0.25, 0.3) is 0 Å². The Balaban J connectivity index is 3.55. The molecular weight excluding hydrogens is 418 g/mol. The Bertz CT molecular complexity index is 489. The van der Waals surface area contributed by atoms with E-state index in [0.29, 0.717) is 17.4 Å². The Morgan fingerprint density at radius 1 is 0.788 bits per heavy atom. The molecule has 0 aromatic heterocycles. The molecule has 0 saturated carbocycles. The molecule has 6 heteroatoms. The summed E-state index contributed by atoms with van der Waals surface area (Å²) >= 11 is 0. The quantitative estimate of drug-likeness (QED) is 0.132. The van der Waals surface area contributed by atoms with E-state index in [2.05, 4.69) is 6.92 Å². The smallest absolute Gasteiger partial charge is 0.306 e. The number of quaternary nitrogens is 1. The van der Waals surface area contributed by atoms with Gasteiger partial charge in [0.1, 0.15) is 6.54 Å². The summed E-state index contributed by atoms with van der Waals surface area (Å²) in [5.41, 5.74) is 0. The van der Waals surface area contributed by atoms with Gasteiger partial charge in [0.2, 0.25) is 0 Å². The number of carbonyl (C=O) groups is 2. The maximum absolute atomic E-state index is 12.0. The lowest BCUT2D eigenvalue weighted by Crippen LogP contribution is -2.45. The van der Waals surface area contributed by atoms with E-state index in [0.717, 1.165) is 44.9 Å². The highest BCUT2D eigenvalue weighted by Gasteiger charge is 2.22. The molecule has 1 N–H and O–H groups in total. The zero-order valence-electron chi connectivity index (χ0n) is 22.1. The molecule has 33 heavy (non-hydrogen) atoms. The van der Waals surface area contributed by atoms with Crippen molar-refractivity contribution < 1.29 is 29.0 Å². The largest absolute Gasteiger partial charge is 0.550 e. The van der Waals surface area contributed by atoms with Gasteiger partial charge >= 0.3 is 5.97 Å². The third kappa shape index (κ3) is 23.8. The molecule has 2 atom stereocenters. The van der Waals surface area contributed by atoms with Crippen LogP contribution in [0, 0.1) is 0 Å². The number of carboxylic acids is 1. The van der Waals surface area contributed by atoms with E-state index in [1.54, 1.807) is 0 Å². The summed E-state index contributed by atoms with van der Waals surface area (Å²) in [6, 6.07) is 0. The summed E-state index contributed by atoms with van der Waals surface area (Å²) in [6.45, 7) is 2.65. The van der Waals surface area contributed by atoms with Crippen LogP contribution in [0.2, 0.25) is 0 Å². The maximum atomic E-state index is 12.0. The number of aliphatic hydroxyl groups is 1. The molecule has 0 rings (SSSR count). The molecule has 0 spiro atoms. The third-order valence-electron chi connectivity index (χ3n) is 6.00. The second-order valence-electron chi connectivity index (χ2n) is 10.7. The van der Waals surface area contributed by atoms with Gasteiger partial charge in [0, 0.05) is 18.8 Å². The van der Waals surface area contributed by atoms with Crippen LogP contribution < -0.4 is 5.11 Å². The van der Waals surface area contributed by atoms with Gasteiger partial charge in [0.05, 0.1) is 27.2 Å². The fourth-order valence-corrected chi connectivity index (χ4v) is 4.20. The van der Waals surface area contributed by atoms with E-state index in [4.69, 9.17) is 4.74 Å². The molecule has 0 aliphatic heterocycles. The summed E-state index contributed by atoms with van der Waals surface area (Å²) in [6.07, 6.45) is 17.8. The first-order chi connectivity index (χ1) is 15.6. The summed E-state index contributed by atoms with van der Waals surface area (Å²) in [5.74, 6) is -1.49. The van der Waals surface area contributed by atoms with Crippen LogP contribution in [0.3, 0.4) is 0 Å². The summed E-state index contributed by atoms with van der Waals surface area (Å²) in [7, 11) is 5.83. The number of nitrogens with zero attached hydrogens (tertiary/aromatic N) is 1. The van der Waals surface area contributed by atoms with E-state index >= 15 is 0 Å². The average molecular weight is 472 g/mol. The molecule has 0 aliphatic carbocycles. The Kier molecular flexibility index (Phi) is 19.6. The SMILES string of the molecule is CCCCCC(O)CCCCCCCCCCCCCC(=O)OC(CC(=O)[O-])C[N+](C)(C)C.